The number of ether oxygens (including phenoxy) is 2. The van der Waals surface area contributed by atoms with Crippen molar-refractivity contribution in [2.24, 2.45) is 0 Å². The number of carbonyl (C=O) groups is 1. The molecule has 0 spiro atoms. The maximum Gasteiger partial charge on any atom is 0.269 e. The van der Waals surface area contributed by atoms with Gasteiger partial charge in [-0.25, -0.2) is 4.68 Å². The third-order valence-corrected chi connectivity index (χ3v) is 4.46. The van der Waals surface area contributed by atoms with Crippen LogP contribution in [0.3, 0.4) is 0 Å². The fourth-order valence-corrected chi connectivity index (χ4v) is 2.91. The summed E-state index contributed by atoms with van der Waals surface area (Å²) in [5.74, 6) is 0.891. The van der Waals surface area contributed by atoms with E-state index >= 15 is 0 Å². The molecule has 10 nitrogen and oxygen atoms in total. The monoisotopic (exact) mass is 408 g/mol. The minimum atomic E-state index is -0.497. The average molecular weight is 408 g/mol. The Morgan fingerprint density at radius 3 is 2.63 bits per heavy atom. The Morgan fingerprint density at radius 2 is 1.87 bits per heavy atom. The van der Waals surface area contributed by atoms with Gasteiger partial charge in [0, 0.05) is 30.3 Å². The highest BCUT2D eigenvalue weighted by atomic mass is 16.7. The zero-order valence-electron chi connectivity index (χ0n) is 15.6. The van der Waals surface area contributed by atoms with Gasteiger partial charge in [-0.15, -0.1) is 0 Å². The fraction of sp³-hybridized carbons (Fsp3) is 0.150. The molecule has 1 aliphatic heterocycles. The minimum absolute atomic E-state index is 0.0463. The standard InChI is InChI=1S/C20H16N4O6/c25-19(21-10-13-1-7-17-18(9-13)30-12-29-17)11-23-20(26)8-6-16(22-23)14-2-4-15(5-3-14)24(27)28/h1-9H,10-12H2,(H,21,25). The van der Waals surface area contributed by atoms with E-state index in [4.69, 9.17) is 9.47 Å². The lowest BCUT2D eigenvalue weighted by atomic mass is 10.1. The van der Waals surface area contributed by atoms with Crippen LogP contribution in [-0.4, -0.2) is 27.4 Å². The number of aromatic nitrogens is 2. The average Bonchev–Trinajstić information content (AvgIpc) is 3.22. The number of hydrogen-bond acceptors (Lipinski definition) is 7. The Labute approximate surface area is 169 Å². The number of nitrogens with one attached hydrogen (secondary N) is 1. The number of non-ortho nitro benzene ring substituents is 1. The molecule has 2 aromatic carbocycles. The van der Waals surface area contributed by atoms with E-state index in [0.29, 0.717) is 22.8 Å². The summed E-state index contributed by atoms with van der Waals surface area (Å²) >= 11 is 0. The predicted octanol–water partition coefficient (Wildman–Crippen LogP) is 1.86. The van der Waals surface area contributed by atoms with E-state index in [-0.39, 0.29) is 31.5 Å². The van der Waals surface area contributed by atoms with Crippen molar-refractivity contribution in [1.82, 2.24) is 15.1 Å². The number of rotatable bonds is 6. The quantitative estimate of drug-likeness (QED) is 0.487. The molecule has 0 saturated heterocycles. The van der Waals surface area contributed by atoms with Gasteiger partial charge in [-0.1, -0.05) is 6.07 Å². The number of benzene rings is 2. The van der Waals surface area contributed by atoms with Crippen LogP contribution in [0.1, 0.15) is 5.56 Å². The zero-order valence-corrected chi connectivity index (χ0v) is 15.6. The van der Waals surface area contributed by atoms with Crippen molar-refractivity contribution in [3.05, 3.63) is 80.6 Å². The van der Waals surface area contributed by atoms with E-state index in [1.54, 1.807) is 12.1 Å². The molecule has 1 aliphatic rings. The van der Waals surface area contributed by atoms with Gasteiger partial charge >= 0.3 is 0 Å². The molecule has 0 unspecified atom stereocenters. The van der Waals surface area contributed by atoms with Gasteiger partial charge in [-0.2, -0.15) is 5.10 Å². The first-order valence-electron chi connectivity index (χ1n) is 8.98. The molecular formula is C20H16N4O6. The molecule has 0 atom stereocenters. The second-order valence-electron chi connectivity index (χ2n) is 6.48. The summed E-state index contributed by atoms with van der Waals surface area (Å²) in [4.78, 5) is 34.7. The molecule has 1 amide bonds. The predicted molar refractivity (Wildman–Crippen MR) is 105 cm³/mol. The van der Waals surface area contributed by atoms with Crippen molar-refractivity contribution in [2.45, 2.75) is 13.1 Å². The van der Waals surface area contributed by atoms with E-state index in [0.717, 1.165) is 10.2 Å². The van der Waals surface area contributed by atoms with Gasteiger partial charge in [0.25, 0.3) is 11.2 Å². The van der Waals surface area contributed by atoms with Gasteiger partial charge in [-0.05, 0) is 35.9 Å². The van der Waals surface area contributed by atoms with Gasteiger partial charge < -0.3 is 14.8 Å². The third kappa shape index (κ3) is 4.12. The SMILES string of the molecule is O=C(Cn1nc(-c2ccc([N+](=O)[O-])cc2)ccc1=O)NCc1ccc2c(c1)OCO2. The Kier molecular flexibility index (Phi) is 5.12. The van der Waals surface area contributed by atoms with Crippen molar-refractivity contribution in [3.8, 4) is 22.8 Å². The van der Waals surface area contributed by atoms with Gasteiger partial charge in [0.1, 0.15) is 6.54 Å². The van der Waals surface area contributed by atoms with Crippen LogP contribution in [0, 0.1) is 10.1 Å². The number of nitro benzene ring substituents is 1. The summed E-state index contributed by atoms with van der Waals surface area (Å²) in [7, 11) is 0. The van der Waals surface area contributed by atoms with Crippen molar-refractivity contribution >= 4 is 11.6 Å². The molecule has 2 heterocycles. The van der Waals surface area contributed by atoms with Gasteiger partial charge in [0.2, 0.25) is 12.7 Å². The molecule has 30 heavy (non-hydrogen) atoms. The molecule has 0 aliphatic carbocycles. The van der Waals surface area contributed by atoms with Gasteiger partial charge in [0.15, 0.2) is 11.5 Å². The van der Waals surface area contributed by atoms with Crippen molar-refractivity contribution < 1.29 is 19.2 Å². The van der Waals surface area contributed by atoms with Crippen molar-refractivity contribution in [1.29, 1.82) is 0 Å². The second kappa shape index (κ2) is 8.03. The van der Waals surface area contributed by atoms with E-state index < -0.39 is 10.5 Å². The maximum atomic E-state index is 12.3. The van der Waals surface area contributed by atoms with Crippen LogP contribution >= 0.6 is 0 Å². The Morgan fingerprint density at radius 1 is 1.10 bits per heavy atom. The largest absolute Gasteiger partial charge is 0.454 e. The molecule has 4 rings (SSSR count). The fourth-order valence-electron chi connectivity index (χ4n) is 2.91. The first-order chi connectivity index (χ1) is 14.5. The van der Waals surface area contributed by atoms with Gasteiger partial charge in [-0.3, -0.25) is 19.7 Å². The Bertz CT molecular complexity index is 1170. The summed E-state index contributed by atoms with van der Waals surface area (Å²) in [5.41, 5.74) is 1.37. The van der Waals surface area contributed by atoms with Crippen LogP contribution in [0.15, 0.2) is 59.4 Å². The van der Waals surface area contributed by atoms with Crippen LogP contribution in [0.2, 0.25) is 0 Å². The van der Waals surface area contributed by atoms with Crippen LogP contribution in [0.5, 0.6) is 11.5 Å². The molecule has 3 aromatic rings. The van der Waals surface area contributed by atoms with Crippen LogP contribution in [0.25, 0.3) is 11.3 Å². The highest BCUT2D eigenvalue weighted by molar-refractivity contribution is 5.75. The minimum Gasteiger partial charge on any atom is -0.454 e. The lowest BCUT2D eigenvalue weighted by Gasteiger charge is -2.09. The summed E-state index contributed by atoms with van der Waals surface area (Å²) < 4.78 is 11.6. The van der Waals surface area contributed by atoms with E-state index in [2.05, 4.69) is 10.4 Å². The van der Waals surface area contributed by atoms with Crippen LogP contribution in [-0.2, 0) is 17.9 Å². The normalized spacial score (nSPS) is 11.9. The van der Waals surface area contributed by atoms with Gasteiger partial charge in [0.05, 0.1) is 10.6 Å². The first kappa shape index (κ1) is 19.1. The van der Waals surface area contributed by atoms with Crippen molar-refractivity contribution in [3.63, 3.8) is 0 Å². The van der Waals surface area contributed by atoms with Crippen LogP contribution < -0.4 is 20.3 Å². The highest BCUT2D eigenvalue weighted by Gasteiger charge is 2.14. The summed E-state index contributed by atoms with van der Waals surface area (Å²) in [6, 6.07) is 13.9. The number of hydrogen-bond donors (Lipinski definition) is 1. The number of nitro groups is 1. The molecule has 0 saturated carbocycles. The number of fused-ring (bicyclic) bond motifs is 1. The zero-order chi connectivity index (χ0) is 21.1. The smallest absolute Gasteiger partial charge is 0.269 e. The molecule has 1 N–H and O–H groups in total. The molecule has 0 radical (unpaired) electrons. The second-order valence-corrected chi connectivity index (χ2v) is 6.48. The summed E-state index contributed by atoms with van der Waals surface area (Å²) in [6.45, 7) is 0.168. The summed E-state index contributed by atoms with van der Waals surface area (Å²) in [5, 5.41) is 17.7. The van der Waals surface area contributed by atoms with E-state index in [1.807, 2.05) is 6.07 Å². The van der Waals surface area contributed by atoms with E-state index in [1.165, 1.54) is 36.4 Å². The van der Waals surface area contributed by atoms with Crippen molar-refractivity contribution in [2.75, 3.05) is 6.79 Å². The molecule has 152 valence electrons. The van der Waals surface area contributed by atoms with Crippen LogP contribution in [0.4, 0.5) is 5.69 Å². The number of amides is 1. The topological polar surface area (TPSA) is 126 Å². The van der Waals surface area contributed by atoms with E-state index in [9.17, 15) is 19.7 Å². The Balaban J connectivity index is 1.43. The first-order valence-corrected chi connectivity index (χ1v) is 8.98. The lowest BCUT2D eigenvalue weighted by molar-refractivity contribution is -0.384. The molecular weight excluding hydrogens is 392 g/mol. The number of carbonyl (C=O) groups excluding carboxylic acids is 1. The maximum absolute atomic E-state index is 12.3. The Hall–Kier alpha value is -4.21. The molecule has 1 aromatic heterocycles. The third-order valence-electron chi connectivity index (χ3n) is 4.46. The molecule has 0 fully saturated rings. The highest BCUT2D eigenvalue weighted by Crippen LogP contribution is 2.32. The number of nitrogens with zero attached hydrogens (tertiary/aromatic N) is 3. The summed E-state index contributed by atoms with van der Waals surface area (Å²) in [6.07, 6.45) is 0. The lowest BCUT2D eigenvalue weighted by Crippen LogP contribution is -2.33. The molecule has 0 bridgehead atoms. The molecule has 10 heteroatoms.